The van der Waals surface area contributed by atoms with Crippen LogP contribution in [0.15, 0.2) is 0 Å². The smallest absolute Gasteiger partial charge is 0.304 e. The average Bonchev–Trinajstić information content (AvgIpc) is 2.10. The molecule has 0 saturated carbocycles. The van der Waals surface area contributed by atoms with Crippen LogP contribution in [0.4, 0.5) is 0 Å². The molecule has 0 aliphatic rings. The second kappa shape index (κ2) is 5.60. The predicted molar refractivity (Wildman–Crippen MR) is 61.3 cm³/mol. The molecule has 2 N–H and O–H groups in total. The van der Waals surface area contributed by atoms with Gasteiger partial charge in [-0.05, 0) is 5.41 Å². The monoisotopic (exact) mass is 252 g/mol. The Labute approximate surface area is 96.8 Å². The summed E-state index contributed by atoms with van der Waals surface area (Å²) in [6.07, 6.45) is -0.201. The summed E-state index contributed by atoms with van der Waals surface area (Å²) < 4.78 is 26.7. The molecular weight excluding hydrogens is 232 g/mol. The van der Waals surface area contributed by atoms with Gasteiger partial charge in [0.05, 0.1) is 6.42 Å². The summed E-state index contributed by atoms with van der Waals surface area (Å²) in [7, 11) is -2.21. The summed E-state index contributed by atoms with van der Waals surface area (Å²) in [5.74, 6) is -1.02. The fourth-order valence-corrected chi connectivity index (χ4v) is 1.96. The topological polar surface area (TPSA) is 86.7 Å². The lowest BCUT2D eigenvalue weighted by Crippen LogP contribution is -2.42. The third-order valence-electron chi connectivity index (χ3n) is 1.84. The maximum atomic E-state index is 11.6. The minimum atomic E-state index is -3.57. The number of hydrogen-bond acceptors (Lipinski definition) is 3. The Morgan fingerprint density at radius 3 is 2.25 bits per heavy atom. The Balaban J connectivity index is 4.27. The fraction of sp³-hybridized carbons (Fsp3) is 0.889. The molecule has 0 saturated heterocycles. The van der Waals surface area contributed by atoms with E-state index < -0.39 is 16.2 Å². The summed E-state index contributed by atoms with van der Waals surface area (Å²) in [4.78, 5) is 10.3. The van der Waals surface area contributed by atoms with Gasteiger partial charge in [0.1, 0.15) is 0 Å². The molecule has 16 heavy (non-hydrogen) atoms. The van der Waals surface area contributed by atoms with Gasteiger partial charge in [-0.3, -0.25) is 4.79 Å². The SMILES string of the molecule is CN(CCC(=O)O)S(=O)(=O)NCC(C)(C)C. The molecule has 0 aromatic heterocycles. The third kappa shape index (κ3) is 6.76. The molecule has 0 fully saturated rings. The molecule has 0 bridgehead atoms. The van der Waals surface area contributed by atoms with E-state index >= 15 is 0 Å². The molecule has 0 heterocycles. The predicted octanol–water partition coefficient (Wildman–Crippen LogP) is 0.273. The van der Waals surface area contributed by atoms with Crippen LogP contribution in [0.25, 0.3) is 0 Å². The molecule has 0 atom stereocenters. The van der Waals surface area contributed by atoms with Crippen molar-refractivity contribution < 1.29 is 18.3 Å². The molecular formula is C9H20N2O4S. The molecule has 0 aliphatic carbocycles. The molecule has 0 spiro atoms. The number of rotatable bonds is 6. The van der Waals surface area contributed by atoms with E-state index in [0.29, 0.717) is 6.54 Å². The first-order valence-corrected chi connectivity index (χ1v) is 6.41. The number of carboxylic acid groups (broad SMARTS) is 1. The van der Waals surface area contributed by atoms with E-state index in [-0.39, 0.29) is 18.4 Å². The van der Waals surface area contributed by atoms with E-state index in [0.717, 1.165) is 4.31 Å². The summed E-state index contributed by atoms with van der Waals surface area (Å²) in [5, 5.41) is 8.45. The van der Waals surface area contributed by atoms with Crippen LogP contribution < -0.4 is 4.72 Å². The first-order chi connectivity index (χ1) is 7.04. The molecule has 0 amide bonds. The van der Waals surface area contributed by atoms with Crippen molar-refractivity contribution in [3.8, 4) is 0 Å². The van der Waals surface area contributed by atoms with Gasteiger partial charge in [0.25, 0.3) is 10.2 Å². The lowest BCUT2D eigenvalue weighted by molar-refractivity contribution is -0.137. The normalized spacial score (nSPS) is 13.1. The number of hydrogen-bond donors (Lipinski definition) is 2. The van der Waals surface area contributed by atoms with Crippen molar-refractivity contribution in [2.24, 2.45) is 5.41 Å². The van der Waals surface area contributed by atoms with Gasteiger partial charge in [-0.1, -0.05) is 20.8 Å². The number of aliphatic carboxylic acids is 1. The third-order valence-corrected chi connectivity index (χ3v) is 3.35. The second-order valence-electron chi connectivity index (χ2n) is 4.85. The first kappa shape index (κ1) is 15.3. The van der Waals surface area contributed by atoms with Gasteiger partial charge in [-0.2, -0.15) is 12.7 Å². The van der Waals surface area contributed by atoms with Gasteiger partial charge >= 0.3 is 5.97 Å². The molecule has 6 nitrogen and oxygen atoms in total. The highest BCUT2D eigenvalue weighted by molar-refractivity contribution is 7.87. The highest BCUT2D eigenvalue weighted by atomic mass is 32.2. The minimum absolute atomic E-state index is 0.0329. The molecule has 0 aliphatic heterocycles. The highest BCUT2D eigenvalue weighted by Crippen LogP contribution is 2.11. The summed E-state index contributed by atoms with van der Waals surface area (Å²) in [6.45, 7) is 6.01. The fourth-order valence-electron chi connectivity index (χ4n) is 0.791. The van der Waals surface area contributed by atoms with Crippen molar-refractivity contribution in [1.29, 1.82) is 0 Å². The van der Waals surface area contributed by atoms with Gasteiger partial charge in [-0.15, -0.1) is 0 Å². The number of carboxylic acids is 1. The van der Waals surface area contributed by atoms with Crippen LogP contribution in [0.3, 0.4) is 0 Å². The zero-order valence-corrected chi connectivity index (χ0v) is 11.0. The van der Waals surface area contributed by atoms with E-state index in [9.17, 15) is 13.2 Å². The van der Waals surface area contributed by atoms with Crippen LogP contribution in [-0.2, 0) is 15.0 Å². The van der Waals surface area contributed by atoms with Crippen molar-refractivity contribution in [3.05, 3.63) is 0 Å². The van der Waals surface area contributed by atoms with Crippen LogP contribution in [0, 0.1) is 5.41 Å². The quantitative estimate of drug-likeness (QED) is 0.710. The minimum Gasteiger partial charge on any atom is -0.481 e. The Kier molecular flexibility index (Phi) is 5.37. The van der Waals surface area contributed by atoms with Gasteiger partial charge < -0.3 is 5.11 Å². The number of carbonyl (C=O) groups is 1. The second-order valence-corrected chi connectivity index (χ2v) is 6.71. The standard InChI is InChI=1S/C9H20N2O4S/c1-9(2,3)7-10-16(14,15)11(4)6-5-8(12)13/h10H,5-7H2,1-4H3,(H,12,13). The molecule has 0 radical (unpaired) electrons. The lowest BCUT2D eigenvalue weighted by atomic mass is 9.98. The van der Waals surface area contributed by atoms with Crippen molar-refractivity contribution in [2.75, 3.05) is 20.1 Å². The largest absolute Gasteiger partial charge is 0.481 e. The van der Waals surface area contributed by atoms with Crippen LogP contribution in [0.1, 0.15) is 27.2 Å². The van der Waals surface area contributed by atoms with Gasteiger partial charge in [0.15, 0.2) is 0 Å². The van der Waals surface area contributed by atoms with Crippen LogP contribution >= 0.6 is 0 Å². The van der Waals surface area contributed by atoms with Crippen molar-refractivity contribution in [3.63, 3.8) is 0 Å². The van der Waals surface area contributed by atoms with Crippen LogP contribution in [0.2, 0.25) is 0 Å². The Bertz CT molecular complexity index is 332. The van der Waals surface area contributed by atoms with E-state index in [1.807, 2.05) is 20.8 Å². The number of nitrogens with zero attached hydrogens (tertiary/aromatic N) is 1. The Morgan fingerprint density at radius 2 is 1.88 bits per heavy atom. The van der Waals surface area contributed by atoms with E-state index in [1.165, 1.54) is 7.05 Å². The van der Waals surface area contributed by atoms with Crippen molar-refractivity contribution in [2.45, 2.75) is 27.2 Å². The first-order valence-electron chi connectivity index (χ1n) is 4.97. The maximum absolute atomic E-state index is 11.6. The molecule has 0 aromatic rings. The Morgan fingerprint density at radius 1 is 1.38 bits per heavy atom. The summed E-state index contributed by atoms with van der Waals surface area (Å²) in [6, 6.07) is 0. The van der Waals surface area contributed by atoms with E-state index in [4.69, 9.17) is 5.11 Å². The summed E-state index contributed by atoms with van der Waals surface area (Å²) >= 11 is 0. The zero-order chi connectivity index (χ0) is 13.0. The maximum Gasteiger partial charge on any atom is 0.304 e. The average molecular weight is 252 g/mol. The Hall–Kier alpha value is -0.660. The van der Waals surface area contributed by atoms with Crippen molar-refractivity contribution >= 4 is 16.2 Å². The molecule has 0 unspecified atom stereocenters. The molecule has 0 aromatic carbocycles. The summed E-state index contributed by atoms with van der Waals surface area (Å²) in [5.41, 5.74) is -0.152. The van der Waals surface area contributed by atoms with Gasteiger partial charge in [0.2, 0.25) is 0 Å². The van der Waals surface area contributed by atoms with Gasteiger partial charge in [-0.25, -0.2) is 4.72 Å². The lowest BCUT2D eigenvalue weighted by Gasteiger charge is -2.22. The molecule has 7 heteroatoms. The van der Waals surface area contributed by atoms with Crippen LogP contribution in [0.5, 0.6) is 0 Å². The number of nitrogens with one attached hydrogen (secondary N) is 1. The van der Waals surface area contributed by atoms with Crippen LogP contribution in [-0.4, -0.2) is 43.9 Å². The zero-order valence-electron chi connectivity index (χ0n) is 10.1. The molecule has 0 rings (SSSR count). The highest BCUT2D eigenvalue weighted by Gasteiger charge is 2.20. The van der Waals surface area contributed by atoms with E-state index in [2.05, 4.69) is 4.72 Å². The molecule has 96 valence electrons. The van der Waals surface area contributed by atoms with Gasteiger partial charge in [0, 0.05) is 20.1 Å². The van der Waals surface area contributed by atoms with Crippen molar-refractivity contribution in [1.82, 2.24) is 9.03 Å². The van der Waals surface area contributed by atoms with E-state index in [1.54, 1.807) is 0 Å².